The summed E-state index contributed by atoms with van der Waals surface area (Å²) in [5.74, 6) is 0. The summed E-state index contributed by atoms with van der Waals surface area (Å²) < 4.78 is 9.60. The Balaban J connectivity index is 1.57. The number of hydrogen-bond donors (Lipinski definition) is 0. The first-order valence-electron chi connectivity index (χ1n) is 20.0. The zero-order chi connectivity index (χ0) is 40.8. The average molecular weight is 749 g/mol. The van der Waals surface area contributed by atoms with E-state index in [1.807, 2.05) is 12.1 Å². The lowest BCUT2D eigenvalue weighted by atomic mass is 9.78. The van der Waals surface area contributed by atoms with Crippen molar-refractivity contribution in [3.8, 4) is 0 Å². The highest BCUT2D eigenvalue weighted by Gasteiger charge is 2.27. The second-order valence-electron chi connectivity index (χ2n) is 18.6. The number of anilines is 6. The van der Waals surface area contributed by atoms with Gasteiger partial charge >= 0.3 is 0 Å². The lowest BCUT2D eigenvalue weighted by Crippen LogP contribution is -2.19. The lowest BCUT2D eigenvalue weighted by Gasteiger charge is -2.33. The van der Waals surface area contributed by atoms with E-state index in [1.165, 1.54) is 22.3 Å². The summed E-state index contributed by atoms with van der Waals surface area (Å²) >= 11 is 7.77. The molecule has 0 unspecified atom stereocenters. The third kappa shape index (κ3) is 8.56. The summed E-state index contributed by atoms with van der Waals surface area (Å²) in [5.41, 5.74) is 12.3. The van der Waals surface area contributed by atoms with E-state index >= 15 is 0 Å². The second kappa shape index (κ2) is 15.0. The van der Waals surface area contributed by atoms with Crippen molar-refractivity contribution < 1.29 is 1.37 Å². The van der Waals surface area contributed by atoms with Crippen molar-refractivity contribution in [3.63, 3.8) is 0 Å². The van der Waals surface area contributed by atoms with Gasteiger partial charge in [-0.3, -0.25) is 0 Å². The summed E-state index contributed by atoms with van der Waals surface area (Å²) in [5, 5.41) is 0.600. The maximum atomic E-state index is 9.60. The van der Waals surface area contributed by atoms with Crippen LogP contribution in [0.2, 0.25) is 5.02 Å². The predicted octanol–water partition coefficient (Wildman–Crippen LogP) is 15.8. The van der Waals surface area contributed by atoms with Gasteiger partial charge in [-0.15, -0.1) is 0 Å². The van der Waals surface area contributed by atoms with E-state index in [2.05, 4.69) is 214 Å². The van der Waals surface area contributed by atoms with Gasteiger partial charge < -0.3 is 9.80 Å². The summed E-state index contributed by atoms with van der Waals surface area (Å²) in [6.45, 7) is 26.7. The molecule has 0 fully saturated rings. The van der Waals surface area contributed by atoms with Crippen molar-refractivity contribution in [2.75, 3.05) is 9.80 Å². The molecule has 0 heterocycles. The van der Waals surface area contributed by atoms with Crippen molar-refractivity contribution in [1.29, 1.82) is 0 Å². The van der Waals surface area contributed by atoms with Gasteiger partial charge in [0.05, 0.1) is 17.8 Å². The largest absolute Gasteiger partial charge is 0.309 e. The zero-order valence-corrected chi connectivity index (χ0v) is 35.7. The van der Waals surface area contributed by atoms with E-state index in [9.17, 15) is 1.37 Å². The van der Waals surface area contributed by atoms with Crippen LogP contribution < -0.4 is 9.80 Å². The Morgan fingerprint density at radius 1 is 0.418 bits per heavy atom. The molecule has 0 atom stereocenters. The molecular formula is C52H59ClN2. The molecule has 0 saturated carbocycles. The van der Waals surface area contributed by atoms with Crippen LogP contribution in [0.3, 0.4) is 0 Å². The van der Waals surface area contributed by atoms with E-state index in [0.29, 0.717) is 11.1 Å². The Hall–Kier alpha value is -4.79. The summed E-state index contributed by atoms with van der Waals surface area (Å²) in [4.78, 5) is 4.43. The first-order chi connectivity index (χ1) is 26.2. The Labute approximate surface area is 338 Å². The molecule has 55 heavy (non-hydrogen) atoms. The van der Waals surface area contributed by atoms with Gasteiger partial charge in [0, 0.05) is 28.2 Å². The van der Waals surface area contributed by atoms with Gasteiger partial charge in [0.15, 0.2) is 0 Å². The van der Waals surface area contributed by atoms with Crippen LogP contribution in [0.15, 0.2) is 140 Å². The number of aryl methyl sites for hydroxylation is 1. The van der Waals surface area contributed by atoms with Crippen molar-refractivity contribution in [3.05, 3.63) is 178 Å². The smallest absolute Gasteiger partial charge is 0.0887 e. The van der Waals surface area contributed by atoms with Crippen molar-refractivity contribution in [2.24, 2.45) is 0 Å². The molecule has 0 aromatic heterocycles. The molecule has 0 bridgehead atoms. The molecule has 0 aliphatic carbocycles. The number of nitrogens with zero attached hydrogens (tertiary/aromatic N) is 2. The fourth-order valence-corrected chi connectivity index (χ4v) is 7.47. The highest BCUT2D eigenvalue weighted by Crippen LogP contribution is 2.48. The Morgan fingerprint density at radius 3 is 1.11 bits per heavy atom. The van der Waals surface area contributed by atoms with Gasteiger partial charge in [0.25, 0.3) is 0 Å². The minimum atomic E-state index is -0.283. The maximum absolute atomic E-state index is 9.60. The lowest BCUT2D eigenvalue weighted by molar-refractivity contribution is 0.590. The monoisotopic (exact) mass is 747 g/mol. The average Bonchev–Trinajstić information content (AvgIpc) is 3.14. The molecule has 6 aromatic rings. The summed E-state index contributed by atoms with van der Waals surface area (Å²) in [6, 6.07) is 48.0. The minimum Gasteiger partial charge on any atom is -0.309 e. The number of benzene rings is 6. The van der Waals surface area contributed by atoms with Crippen molar-refractivity contribution >= 4 is 45.7 Å². The van der Waals surface area contributed by atoms with Crippen LogP contribution in [-0.4, -0.2) is 0 Å². The van der Waals surface area contributed by atoms with Gasteiger partial charge in [0.2, 0.25) is 0 Å². The van der Waals surface area contributed by atoms with Gasteiger partial charge in [-0.1, -0.05) is 167 Å². The fraction of sp³-hybridized carbons (Fsp3) is 0.308. The number of rotatable bonds is 8. The van der Waals surface area contributed by atoms with Gasteiger partial charge in [-0.05, 0) is 117 Å². The van der Waals surface area contributed by atoms with Crippen LogP contribution in [0.4, 0.5) is 34.1 Å². The van der Waals surface area contributed by atoms with Crippen LogP contribution in [0.5, 0.6) is 0 Å². The molecule has 0 radical (unpaired) electrons. The van der Waals surface area contributed by atoms with E-state index in [-0.39, 0.29) is 21.7 Å². The first kappa shape index (κ1) is 38.5. The van der Waals surface area contributed by atoms with Crippen molar-refractivity contribution in [2.45, 2.75) is 105 Å². The zero-order valence-electron chi connectivity index (χ0n) is 36.0. The Kier molecular flexibility index (Phi) is 10.5. The molecule has 0 saturated heterocycles. The molecule has 3 heteroatoms. The van der Waals surface area contributed by atoms with Gasteiger partial charge in [-0.25, -0.2) is 0 Å². The normalized spacial score (nSPS) is 12.7. The van der Waals surface area contributed by atoms with Crippen LogP contribution in [0.1, 0.15) is 111 Å². The quantitative estimate of drug-likeness (QED) is 0.153. The van der Waals surface area contributed by atoms with Crippen LogP contribution in [0.25, 0.3) is 0 Å². The fourth-order valence-electron chi connectivity index (χ4n) is 7.19. The second-order valence-corrected chi connectivity index (χ2v) is 19.0. The molecule has 6 aromatic carbocycles. The minimum absolute atomic E-state index is 0.00561. The van der Waals surface area contributed by atoms with Crippen LogP contribution in [0, 0.1) is 6.92 Å². The highest BCUT2D eigenvalue weighted by molar-refractivity contribution is 6.36. The molecule has 0 amide bonds. The van der Waals surface area contributed by atoms with Gasteiger partial charge in [-0.2, -0.15) is 0 Å². The topological polar surface area (TPSA) is 6.48 Å². The highest BCUT2D eigenvalue weighted by atomic mass is 35.5. The third-order valence-corrected chi connectivity index (χ3v) is 11.3. The molecule has 2 nitrogen and oxygen atoms in total. The number of halogens is 1. The van der Waals surface area contributed by atoms with E-state index in [0.717, 1.165) is 45.3 Å². The molecule has 0 spiro atoms. The molecule has 0 N–H and O–H groups in total. The first-order valence-corrected chi connectivity index (χ1v) is 19.9. The molecular weight excluding hydrogens is 688 g/mol. The third-order valence-electron chi connectivity index (χ3n) is 10.9. The van der Waals surface area contributed by atoms with E-state index in [4.69, 9.17) is 11.6 Å². The SMILES string of the molecule is [2H]c1cc(C(C)(C)c2ccccc2)ccc1N(c1ccc(C(C)(C)C)cc1)c1cc(C)cc(N(c2ccc(C(C)(C)C)cc2)c2ccc(C(C)(C)C)cc2)c1Cl. The standard InChI is InChI=1S/C52H59ClN2/c1-36-34-46(54(42-26-18-37(19-27-42)49(2,3)4)43-28-20-38(21-29-43)50(5,6)7)48(53)47(35-36)55(44-30-22-39(23-31-44)51(8,9)10)45-32-24-41(25-33-45)52(11,12)40-16-14-13-15-17-40/h13-35H,1-12H3/i32D. The summed E-state index contributed by atoms with van der Waals surface area (Å²) in [7, 11) is 0. The Morgan fingerprint density at radius 2 is 0.745 bits per heavy atom. The van der Waals surface area contributed by atoms with E-state index in [1.54, 1.807) is 0 Å². The maximum Gasteiger partial charge on any atom is 0.0887 e. The molecule has 6 rings (SSSR count). The van der Waals surface area contributed by atoms with Crippen LogP contribution in [-0.2, 0) is 21.7 Å². The summed E-state index contributed by atoms with van der Waals surface area (Å²) in [6.07, 6.45) is 0. The van der Waals surface area contributed by atoms with Gasteiger partial charge in [0.1, 0.15) is 0 Å². The van der Waals surface area contributed by atoms with Crippen molar-refractivity contribution in [1.82, 2.24) is 0 Å². The van der Waals surface area contributed by atoms with E-state index < -0.39 is 0 Å². The number of hydrogen-bond acceptors (Lipinski definition) is 2. The predicted molar refractivity (Wildman–Crippen MR) is 240 cm³/mol. The molecule has 284 valence electrons. The molecule has 0 aliphatic rings. The molecule has 0 aliphatic heterocycles. The Bertz CT molecular complexity index is 2230. The van der Waals surface area contributed by atoms with Crippen LogP contribution >= 0.6 is 11.6 Å².